The molecule has 15 heavy (non-hydrogen) atoms. The van der Waals surface area contributed by atoms with Crippen LogP contribution in [-0.4, -0.2) is 24.7 Å². The molecule has 1 aromatic heterocycles. The monoisotopic (exact) mass is 210 g/mol. The first-order valence-corrected chi connectivity index (χ1v) is 4.60. The minimum Gasteiger partial charge on any atom is -0.465 e. The largest absolute Gasteiger partial charge is 0.465 e. The van der Waals surface area contributed by atoms with Crippen LogP contribution in [0.15, 0.2) is 12.1 Å². The van der Waals surface area contributed by atoms with Crippen molar-refractivity contribution in [1.82, 2.24) is 4.98 Å². The number of nitrogen functional groups attached to an aromatic ring is 1. The van der Waals surface area contributed by atoms with Gasteiger partial charge < -0.3 is 15.2 Å². The minimum absolute atomic E-state index is 0.166. The number of methoxy groups -OCH3 is 1. The average molecular weight is 210 g/mol. The first-order valence-electron chi connectivity index (χ1n) is 4.60. The summed E-state index contributed by atoms with van der Waals surface area (Å²) in [7, 11) is 1.30. The van der Waals surface area contributed by atoms with Crippen LogP contribution >= 0.6 is 0 Å². The quantitative estimate of drug-likeness (QED) is 0.750. The lowest BCUT2D eigenvalue weighted by atomic mass is 10.2. The van der Waals surface area contributed by atoms with Gasteiger partial charge in [0.25, 0.3) is 0 Å². The van der Waals surface area contributed by atoms with Gasteiger partial charge in [-0.15, -0.1) is 0 Å². The van der Waals surface area contributed by atoms with Crippen molar-refractivity contribution >= 4 is 11.8 Å². The maximum absolute atomic E-state index is 11.2. The summed E-state index contributed by atoms with van der Waals surface area (Å²) in [4.78, 5) is 15.2. The molecule has 0 radical (unpaired) electrons. The molecule has 1 heterocycles. The summed E-state index contributed by atoms with van der Waals surface area (Å²) in [6.07, 6.45) is 0. The minimum atomic E-state index is -0.483. The average Bonchev–Trinajstić information content (AvgIpc) is 2.25. The molecule has 0 aromatic carbocycles. The zero-order valence-electron chi connectivity index (χ0n) is 8.82. The molecule has 82 valence electrons. The van der Waals surface area contributed by atoms with Crippen molar-refractivity contribution in [2.75, 3.05) is 19.5 Å². The summed E-state index contributed by atoms with van der Waals surface area (Å²) >= 11 is 0. The van der Waals surface area contributed by atoms with Crippen molar-refractivity contribution in [2.24, 2.45) is 0 Å². The number of pyridine rings is 1. The van der Waals surface area contributed by atoms with E-state index in [-0.39, 0.29) is 11.4 Å². The van der Waals surface area contributed by atoms with Gasteiger partial charge in [-0.3, -0.25) is 0 Å². The van der Waals surface area contributed by atoms with E-state index in [0.717, 1.165) is 0 Å². The predicted molar refractivity (Wildman–Crippen MR) is 55.3 cm³/mol. The zero-order valence-corrected chi connectivity index (χ0v) is 8.82. The highest BCUT2D eigenvalue weighted by Crippen LogP contribution is 2.11. The number of nitrogens with two attached hydrogens (primary N) is 1. The summed E-state index contributed by atoms with van der Waals surface area (Å²) in [6.45, 7) is 2.90. The van der Waals surface area contributed by atoms with E-state index in [1.54, 1.807) is 12.1 Å². The van der Waals surface area contributed by atoms with Gasteiger partial charge in [-0.25, -0.2) is 9.78 Å². The SMILES string of the molecule is CCOCc1ccc(C(=O)OC)c(N)n1. The summed E-state index contributed by atoms with van der Waals surface area (Å²) in [5.74, 6) is -0.318. The highest BCUT2D eigenvalue weighted by molar-refractivity contribution is 5.93. The molecule has 0 aliphatic rings. The van der Waals surface area contributed by atoms with E-state index in [1.807, 2.05) is 6.92 Å². The van der Waals surface area contributed by atoms with E-state index >= 15 is 0 Å². The van der Waals surface area contributed by atoms with Crippen LogP contribution in [0.3, 0.4) is 0 Å². The molecule has 1 rings (SSSR count). The fourth-order valence-corrected chi connectivity index (χ4v) is 1.09. The van der Waals surface area contributed by atoms with Crippen molar-refractivity contribution in [3.8, 4) is 0 Å². The molecule has 0 aliphatic carbocycles. The van der Waals surface area contributed by atoms with E-state index in [2.05, 4.69) is 9.72 Å². The number of rotatable bonds is 4. The Morgan fingerprint density at radius 1 is 1.53 bits per heavy atom. The number of carbonyl (C=O) groups is 1. The van der Waals surface area contributed by atoms with Crippen molar-refractivity contribution in [2.45, 2.75) is 13.5 Å². The number of hydrogen-bond acceptors (Lipinski definition) is 5. The Bertz CT molecular complexity index is 353. The van der Waals surface area contributed by atoms with Gasteiger partial charge in [-0.2, -0.15) is 0 Å². The van der Waals surface area contributed by atoms with Crippen LogP contribution in [0, 0.1) is 0 Å². The van der Waals surface area contributed by atoms with Gasteiger partial charge >= 0.3 is 5.97 Å². The van der Waals surface area contributed by atoms with E-state index in [0.29, 0.717) is 18.9 Å². The summed E-state index contributed by atoms with van der Waals surface area (Å²) < 4.78 is 9.71. The number of carbonyl (C=O) groups excluding carboxylic acids is 1. The van der Waals surface area contributed by atoms with Gasteiger partial charge in [0.15, 0.2) is 0 Å². The topological polar surface area (TPSA) is 74.4 Å². The maximum Gasteiger partial charge on any atom is 0.341 e. The molecule has 5 heteroatoms. The second-order valence-corrected chi connectivity index (χ2v) is 2.86. The smallest absolute Gasteiger partial charge is 0.341 e. The Balaban J connectivity index is 2.83. The lowest BCUT2D eigenvalue weighted by Crippen LogP contribution is -2.09. The molecule has 0 aliphatic heterocycles. The molecule has 0 unspecified atom stereocenters. The predicted octanol–water partition coefficient (Wildman–Crippen LogP) is 0.987. The third kappa shape index (κ3) is 2.92. The van der Waals surface area contributed by atoms with E-state index < -0.39 is 5.97 Å². The van der Waals surface area contributed by atoms with Crippen LogP contribution in [-0.2, 0) is 16.1 Å². The van der Waals surface area contributed by atoms with Gasteiger partial charge in [-0.1, -0.05) is 0 Å². The molecule has 2 N–H and O–H groups in total. The summed E-state index contributed by atoms with van der Waals surface area (Å²) in [5, 5.41) is 0. The molecule has 0 amide bonds. The molecule has 0 bridgehead atoms. The number of aromatic nitrogens is 1. The molecule has 1 aromatic rings. The lowest BCUT2D eigenvalue weighted by Gasteiger charge is -2.05. The van der Waals surface area contributed by atoms with E-state index in [1.165, 1.54) is 7.11 Å². The molecular weight excluding hydrogens is 196 g/mol. The number of hydrogen-bond donors (Lipinski definition) is 1. The van der Waals surface area contributed by atoms with Crippen LogP contribution in [0.5, 0.6) is 0 Å². The fourth-order valence-electron chi connectivity index (χ4n) is 1.09. The number of esters is 1. The molecular formula is C10H14N2O3. The number of anilines is 1. The van der Waals surface area contributed by atoms with E-state index in [9.17, 15) is 4.79 Å². The maximum atomic E-state index is 11.2. The highest BCUT2D eigenvalue weighted by atomic mass is 16.5. The first-order chi connectivity index (χ1) is 7.19. The number of nitrogens with zero attached hydrogens (tertiary/aromatic N) is 1. The third-order valence-electron chi connectivity index (χ3n) is 1.84. The molecule has 0 saturated carbocycles. The first kappa shape index (κ1) is 11.5. The summed E-state index contributed by atoms with van der Waals surface area (Å²) in [5.41, 5.74) is 6.57. The van der Waals surface area contributed by atoms with Crippen LogP contribution in [0.2, 0.25) is 0 Å². The van der Waals surface area contributed by atoms with Crippen LogP contribution in [0.4, 0.5) is 5.82 Å². The van der Waals surface area contributed by atoms with Gasteiger partial charge in [0, 0.05) is 6.61 Å². The van der Waals surface area contributed by atoms with E-state index in [4.69, 9.17) is 10.5 Å². The zero-order chi connectivity index (χ0) is 11.3. The van der Waals surface area contributed by atoms with Crippen molar-refractivity contribution in [3.63, 3.8) is 0 Å². The molecule has 0 atom stereocenters. The van der Waals surface area contributed by atoms with Crippen molar-refractivity contribution in [1.29, 1.82) is 0 Å². The lowest BCUT2D eigenvalue weighted by molar-refractivity contribution is 0.0601. The van der Waals surface area contributed by atoms with Crippen molar-refractivity contribution in [3.05, 3.63) is 23.4 Å². The van der Waals surface area contributed by atoms with Gasteiger partial charge in [-0.05, 0) is 19.1 Å². The Labute approximate surface area is 88.2 Å². The normalized spacial score (nSPS) is 10.0. The molecule has 0 spiro atoms. The van der Waals surface area contributed by atoms with Crippen LogP contribution < -0.4 is 5.73 Å². The Morgan fingerprint density at radius 2 is 2.27 bits per heavy atom. The second-order valence-electron chi connectivity index (χ2n) is 2.86. The standard InChI is InChI=1S/C10H14N2O3/c1-3-15-6-7-4-5-8(9(11)12-7)10(13)14-2/h4-5H,3,6H2,1-2H3,(H2,11,12). The molecule has 0 fully saturated rings. The van der Waals surface area contributed by atoms with Crippen molar-refractivity contribution < 1.29 is 14.3 Å². The molecule has 0 saturated heterocycles. The van der Waals surface area contributed by atoms with Crippen LogP contribution in [0.25, 0.3) is 0 Å². The Hall–Kier alpha value is -1.62. The Morgan fingerprint density at radius 3 is 2.80 bits per heavy atom. The third-order valence-corrected chi connectivity index (χ3v) is 1.84. The number of ether oxygens (including phenoxy) is 2. The highest BCUT2D eigenvalue weighted by Gasteiger charge is 2.11. The summed E-state index contributed by atoms with van der Waals surface area (Å²) in [6, 6.07) is 3.28. The van der Waals surface area contributed by atoms with Gasteiger partial charge in [0.05, 0.1) is 19.4 Å². The Kier molecular flexibility index (Phi) is 4.05. The van der Waals surface area contributed by atoms with Gasteiger partial charge in [0.2, 0.25) is 0 Å². The van der Waals surface area contributed by atoms with Crippen LogP contribution in [0.1, 0.15) is 23.0 Å². The molecule has 5 nitrogen and oxygen atoms in total. The van der Waals surface area contributed by atoms with Gasteiger partial charge in [0.1, 0.15) is 11.4 Å². The second kappa shape index (κ2) is 5.31. The fraction of sp³-hybridized carbons (Fsp3) is 0.400.